The number of carbonyl (C=O) groups is 2. The number of benzene rings is 1. The van der Waals surface area contributed by atoms with Crippen molar-refractivity contribution in [3.05, 3.63) is 18.2 Å². The van der Waals surface area contributed by atoms with Gasteiger partial charge in [0.25, 0.3) is 0 Å². The summed E-state index contributed by atoms with van der Waals surface area (Å²) in [6.45, 7) is 5.24. The standard InChI is InChI=1S/C18H26N2O4/c1-12(2)7-8-19-18(22)13-9-17(21)20(11-13)15-6-5-14(23-3)10-16(15)24-4/h5-6,10,12-13H,7-9,11H2,1-4H3,(H,19,22). The van der Waals surface area contributed by atoms with Crippen LogP contribution in [0.5, 0.6) is 11.5 Å². The van der Waals surface area contributed by atoms with Crippen LogP contribution < -0.4 is 19.7 Å². The van der Waals surface area contributed by atoms with E-state index in [1.165, 1.54) is 0 Å². The molecule has 0 bridgehead atoms. The third-order valence-electron chi connectivity index (χ3n) is 4.19. The summed E-state index contributed by atoms with van der Waals surface area (Å²) in [5.41, 5.74) is 0.667. The summed E-state index contributed by atoms with van der Waals surface area (Å²) >= 11 is 0. The first kappa shape index (κ1) is 18.1. The Hall–Kier alpha value is -2.24. The Morgan fingerprint density at radius 3 is 2.71 bits per heavy atom. The minimum atomic E-state index is -0.323. The summed E-state index contributed by atoms with van der Waals surface area (Å²) < 4.78 is 10.5. The van der Waals surface area contributed by atoms with Crippen molar-refractivity contribution < 1.29 is 19.1 Å². The van der Waals surface area contributed by atoms with Gasteiger partial charge in [0, 0.05) is 25.6 Å². The van der Waals surface area contributed by atoms with Crippen molar-refractivity contribution in [2.24, 2.45) is 11.8 Å². The number of nitrogens with one attached hydrogen (secondary N) is 1. The number of methoxy groups -OCH3 is 2. The summed E-state index contributed by atoms with van der Waals surface area (Å²) in [6.07, 6.45) is 1.16. The van der Waals surface area contributed by atoms with E-state index in [4.69, 9.17) is 9.47 Å². The van der Waals surface area contributed by atoms with Gasteiger partial charge in [-0.3, -0.25) is 9.59 Å². The molecule has 2 amide bonds. The van der Waals surface area contributed by atoms with Crippen molar-refractivity contribution in [2.75, 3.05) is 32.2 Å². The predicted octanol–water partition coefficient (Wildman–Crippen LogP) is 2.22. The van der Waals surface area contributed by atoms with Gasteiger partial charge in [-0.15, -0.1) is 0 Å². The molecule has 1 aliphatic rings. The third-order valence-corrected chi connectivity index (χ3v) is 4.19. The zero-order valence-electron chi connectivity index (χ0n) is 14.8. The molecule has 132 valence electrons. The summed E-state index contributed by atoms with van der Waals surface area (Å²) in [4.78, 5) is 26.2. The Bertz CT molecular complexity index is 601. The van der Waals surface area contributed by atoms with E-state index >= 15 is 0 Å². The largest absolute Gasteiger partial charge is 0.497 e. The molecule has 1 aliphatic heterocycles. The second-order valence-corrected chi connectivity index (χ2v) is 6.42. The predicted molar refractivity (Wildman–Crippen MR) is 92.5 cm³/mol. The Labute approximate surface area is 143 Å². The van der Waals surface area contributed by atoms with Gasteiger partial charge in [0.15, 0.2) is 0 Å². The average Bonchev–Trinajstić information content (AvgIpc) is 2.95. The van der Waals surface area contributed by atoms with Crippen molar-refractivity contribution in [1.82, 2.24) is 5.32 Å². The molecule has 1 atom stereocenters. The number of hydrogen-bond acceptors (Lipinski definition) is 4. The summed E-state index contributed by atoms with van der Waals surface area (Å²) in [6, 6.07) is 5.30. The van der Waals surface area contributed by atoms with Crippen molar-refractivity contribution in [1.29, 1.82) is 0 Å². The van der Waals surface area contributed by atoms with Gasteiger partial charge in [0.1, 0.15) is 11.5 Å². The van der Waals surface area contributed by atoms with Crippen LogP contribution >= 0.6 is 0 Å². The van der Waals surface area contributed by atoms with Crippen LogP contribution in [0.2, 0.25) is 0 Å². The van der Waals surface area contributed by atoms with Gasteiger partial charge < -0.3 is 19.7 Å². The lowest BCUT2D eigenvalue weighted by Gasteiger charge is -2.20. The molecule has 0 aliphatic carbocycles. The molecule has 1 aromatic carbocycles. The maximum Gasteiger partial charge on any atom is 0.227 e. The first-order chi connectivity index (χ1) is 11.5. The molecule has 0 aromatic heterocycles. The van der Waals surface area contributed by atoms with E-state index < -0.39 is 0 Å². The number of nitrogens with zero attached hydrogens (tertiary/aromatic N) is 1. The van der Waals surface area contributed by atoms with Crippen molar-refractivity contribution in [3.8, 4) is 11.5 Å². The van der Waals surface area contributed by atoms with Crippen LogP contribution in [-0.2, 0) is 9.59 Å². The van der Waals surface area contributed by atoms with Gasteiger partial charge >= 0.3 is 0 Å². The summed E-state index contributed by atoms with van der Waals surface area (Å²) in [5.74, 6) is 1.31. The van der Waals surface area contributed by atoms with Crippen LogP contribution in [0.15, 0.2) is 18.2 Å². The highest BCUT2D eigenvalue weighted by Gasteiger charge is 2.36. The van der Waals surface area contributed by atoms with Crippen LogP contribution in [0.25, 0.3) is 0 Å². The lowest BCUT2D eigenvalue weighted by Crippen LogP contribution is -2.34. The SMILES string of the molecule is COc1ccc(N2CC(C(=O)NCCC(C)C)CC2=O)c(OC)c1. The Balaban J connectivity index is 2.06. The van der Waals surface area contributed by atoms with Crippen LogP contribution in [-0.4, -0.2) is 39.1 Å². The van der Waals surface area contributed by atoms with Crippen LogP contribution in [0.1, 0.15) is 26.7 Å². The van der Waals surface area contributed by atoms with Gasteiger partial charge in [0.05, 0.1) is 25.8 Å². The van der Waals surface area contributed by atoms with Crippen molar-refractivity contribution in [2.45, 2.75) is 26.7 Å². The fourth-order valence-electron chi connectivity index (χ4n) is 2.75. The Morgan fingerprint density at radius 2 is 2.08 bits per heavy atom. The fourth-order valence-corrected chi connectivity index (χ4v) is 2.75. The van der Waals surface area contributed by atoms with Gasteiger partial charge in [-0.1, -0.05) is 13.8 Å². The Morgan fingerprint density at radius 1 is 1.33 bits per heavy atom. The Kier molecular flexibility index (Phi) is 6.06. The molecular formula is C18H26N2O4. The quantitative estimate of drug-likeness (QED) is 0.830. The minimum absolute atomic E-state index is 0.0565. The second kappa shape index (κ2) is 8.04. The van der Waals surface area contributed by atoms with Crippen molar-refractivity contribution >= 4 is 17.5 Å². The molecule has 6 heteroatoms. The first-order valence-electron chi connectivity index (χ1n) is 8.26. The van der Waals surface area contributed by atoms with E-state index in [2.05, 4.69) is 19.2 Å². The van der Waals surface area contributed by atoms with Crippen LogP contribution in [0.4, 0.5) is 5.69 Å². The highest BCUT2D eigenvalue weighted by molar-refractivity contribution is 6.01. The molecule has 1 fully saturated rings. The molecule has 1 unspecified atom stereocenters. The summed E-state index contributed by atoms with van der Waals surface area (Å²) in [5, 5.41) is 2.93. The number of hydrogen-bond donors (Lipinski definition) is 1. The van der Waals surface area contributed by atoms with Gasteiger partial charge in [0.2, 0.25) is 11.8 Å². The zero-order valence-corrected chi connectivity index (χ0v) is 14.8. The molecular weight excluding hydrogens is 308 g/mol. The third kappa shape index (κ3) is 4.19. The molecule has 0 radical (unpaired) electrons. The number of carbonyl (C=O) groups excluding carboxylic acids is 2. The smallest absolute Gasteiger partial charge is 0.227 e. The van der Waals surface area contributed by atoms with E-state index in [9.17, 15) is 9.59 Å². The fraction of sp³-hybridized carbons (Fsp3) is 0.556. The highest BCUT2D eigenvalue weighted by Crippen LogP contribution is 2.35. The molecule has 1 N–H and O–H groups in total. The topological polar surface area (TPSA) is 67.9 Å². The maximum atomic E-state index is 12.4. The molecule has 1 saturated heterocycles. The van der Waals surface area contributed by atoms with Gasteiger partial charge in [-0.05, 0) is 24.5 Å². The lowest BCUT2D eigenvalue weighted by molar-refractivity contribution is -0.126. The maximum absolute atomic E-state index is 12.4. The molecule has 0 saturated carbocycles. The van der Waals surface area contributed by atoms with Gasteiger partial charge in [-0.2, -0.15) is 0 Å². The number of amides is 2. The van der Waals surface area contributed by atoms with E-state index in [1.807, 2.05) is 0 Å². The molecule has 6 nitrogen and oxygen atoms in total. The lowest BCUT2D eigenvalue weighted by atomic mass is 10.1. The van der Waals surface area contributed by atoms with Gasteiger partial charge in [-0.25, -0.2) is 0 Å². The number of ether oxygens (including phenoxy) is 2. The van der Waals surface area contributed by atoms with E-state index in [-0.39, 0.29) is 24.2 Å². The van der Waals surface area contributed by atoms with E-state index in [0.29, 0.717) is 36.2 Å². The second-order valence-electron chi connectivity index (χ2n) is 6.42. The van der Waals surface area contributed by atoms with E-state index in [0.717, 1.165) is 6.42 Å². The first-order valence-corrected chi connectivity index (χ1v) is 8.26. The summed E-state index contributed by atoms with van der Waals surface area (Å²) in [7, 11) is 3.13. The van der Waals surface area contributed by atoms with E-state index in [1.54, 1.807) is 37.3 Å². The normalized spacial score (nSPS) is 17.3. The molecule has 1 heterocycles. The average molecular weight is 334 g/mol. The van der Waals surface area contributed by atoms with Crippen molar-refractivity contribution in [3.63, 3.8) is 0 Å². The highest BCUT2D eigenvalue weighted by atomic mass is 16.5. The molecule has 2 rings (SSSR count). The molecule has 0 spiro atoms. The molecule has 24 heavy (non-hydrogen) atoms. The monoisotopic (exact) mass is 334 g/mol. The number of rotatable bonds is 7. The van der Waals surface area contributed by atoms with Crippen LogP contribution in [0, 0.1) is 11.8 Å². The zero-order chi connectivity index (χ0) is 17.7. The van der Waals surface area contributed by atoms with Crippen LogP contribution in [0.3, 0.4) is 0 Å². The number of anilines is 1. The minimum Gasteiger partial charge on any atom is -0.497 e. The molecule has 1 aromatic rings.